The van der Waals surface area contributed by atoms with Crippen molar-refractivity contribution < 1.29 is 23.9 Å². The van der Waals surface area contributed by atoms with Crippen molar-refractivity contribution in [3.63, 3.8) is 0 Å². The Labute approximate surface area is 235 Å². The van der Waals surface area contributed by atoms with Crippen LogP contribution < -0.4 is 10.6 Å². The second-order valence-electron chi connectivity index (χ2n) is 10.2. The molecule has 3 amide bonds. The number of furan rings is 1. The van der Waals surface area contributed by atoms with Gasteiger partial charge in [0.1, 0.15) is 11.8 Å². The van der Waals surface area contributed by atoms with E-state index in [4.69, 9.17) is 4.42 Å². The number of benzene rings is 2. The number of nitrogens with one attached hydrogen (secondary N) is 3. The molecule has 1 fully saturated rings. The SMILES string of the molecule is CC1(C)SCN(C(=O)C(O)C(Cc2ccccc2)NC(=O)c2cccc3[nH]ncc23)C1C(=O)NCc1ccco1. The van der Waals surface area contributed by atoms with E-state index in [-0.39, 0.29) is 24.7 Å². The summed E-state index contributed by atoms with van der Waals surface area (Å²) in [6, 6.07) is 16.2. The van der Waals surface area contributed by atoms with Gasteiger partial charge in [-0.2, -0.15) is 5.10 Å². The lowest BCUT2D eigenvalue weighted by Crippen LogP contribution is -2.58. The van der Waals surface area contributed by atoms with Crippen molar-refractivity contribution in [1.82, 2.24) is 25.7 Å². The summed E-state index contributed by atoms with van der Waals surface area (Å²) < 4.78 is 4.71. The number of thioether (sulfide) groups is 1. The molecule has 0 saturated carbocycles. The smallest absolute Gasteiger partial charge is 0.254 e. The third-order valence-corrected chi connectivity index (χ3v) is 8.45. The number of carbonyl (C=O) groups is 3. The molecule has 10 nitrogen and oxygen atoms in total. The number of hydrogen-bond acceptors (Lipinski definition) is 7. The van der Waals surface area contributed by atoms with Gasteiger partial charge in [-0.3, -0.25) is 19.5 Å². The number of carbonyl (C=O) groups excluding carboxylic acids is 3. The van der Waals surface area contributed by atoms with Crippen molar-refractivity contribution in [2.24, 2.45) is 0 Å². The van der Waals surface area contributed by atoms with Gasteiger partial charge in [0, 0.05) is 10.1 Å². The highest BCUT2D eigenvalue weighted by molar-refractivity contribution is 8.00. The molecule has 5 rings (SSSR count). The Balaban J connectivity index is 1.38. The molecule has 0 spiro atoms. The van der Waals surface area contributed by atoms with E-state index < -0.39 is 34.7 Å². The van der Waals surface area contributed by atoms with Crippen LogP contribution in [0, 0.1) is 0 Å². The number of fused-ring (bicyclic) bond motifs is 1. The van der Waals surface area contributed by atoms with Crippen LogP contribution in [0.15, 0.2) is 77.5 Å². The summed E-state index contributed by atoms with van der Waals surface area (Å²) in [5.41, 5.74) is 1.91. The number of aromatic amines is 1. The Bertz CT molecular complexity index is 1490. The monoisotopic (exact) mass is 561 g/mol. The fourth-order valence-electron chi connectivity index (χ4n) is 4.96. The molecule has 2 aromatic heterocycles. The van der Waals surface area contributed by atoms with E-state index in [1.807, 2.05) is 50.2 Å². The maximum atomic E-state index is 13.8. The first-order chi connectivity index (χ1) is 19.2. The number of aromatic nitrogens is 2. The van der Waals surface area contributed by atoms with E-state index in [2.05, 4.69) is 20.8 Å². The molecule has 3 atom stereocenters. The lowest BCUT2D eigenvalue weighted by Gasteiger charge is -2.33. The molecule has 4 N–H and O–H groups in total. The van der Waals surface area contributed by atoms with Crippen molar-refractivity contribution >= 4 is 40.4 Å². The molecule has 40 heavy (non-hydrogen) atoms. The summed E-state index contributed by atoms with van der Waals surface area (Å²) in [6.07, 6.45) is 1.70. The topological polar surface area (TPSA) is 141 Å². The highest BCUT2D eigenvalue weighted by Gasteiger charge is 2.49. The van der Waals surface area contributed by atoms with E-state index in [9.17, 15) is 19.5 Å². The second-order valence-corrected chi connectivity index (χ2v) is 11.8. The maximum Gasteiger partial charge on any atom is 0.254 e. The van der Waals surface area contributed by atoms with Crippen molar-refractivity contribution in [3.05, 3.63) is 90.0 Å². The summed E-state index contributed by atoms with van der Waals surface area (Å²) in [7, 11) is 0. The quantitative estimate of drug-likeness (QED) is 0.246. The number of aliphatic hydroxyl groups is 1. The van der Waals surface area contributed by atoms with Gasteiger partial charge in [-0.1, -0.05) is 36.4 Å². The normalized spacial score (nSPS) is 17.9. The number of amides is 3. The summed E-state index contributed by atoms with van der Waals surface area (Å²) in [6.45, 7) is 3.96. The van der Waals surface area contributed by atoms with Crippen molar-refractivity contribution in [2.75, 3.05) is 5.88 Å². The second kappa shape index (κ2) is 11.6. The molecule has 0 radical (unpaired) electrons. The van der Waals surface area contributed by atoms with Crippen LogP contribution in [0.2, 0.25) is 0 Å². The zero-order valence-corrected chi connectivity index (χ0v) is 23.0. The third-order valence-electron chi connectivity index (χ3n) is 7.07. The van der Waals surface area contributed by atoms with E-state index >= 15 is 0 Å². The van der Waals surface area contributed by atoms with Gasteiger partial charge in [-0.25, -0.2) is 0 Å². The van der Waals surface area contributed by atoms with Crippen molar-refractivity contribution in [2.45, 2.75) is 49.7 Å². The highest BCUT2D eigenvalue weighted by Crippen LogP contribution is 2.40. The van der Waals surface area contributed by atoms with Crippen molar-refractivity contribution in [3.8, 4) is 0 Å². The Hall–Kier alpha value is -4.09. The van der Waals surface area contributed by atoms with Crippen LogP contribution in [-0.4, -0.2) is 66.7 Å². The van der Waals surface area contributed by atoms with Gasteiger partial charge in [-0.05, 0) is 50.1 Å². The van der Waals surface area contributed by atoms with Crippen LogP contribution in [0.3, 0.4) is 0 Å². The zero-order chi connectivity index (χ0) is 28.3. The average Bonchev–Trinajstić information content (AvgIpc) is 3.71. The average molecular weight is 562 g/mol. The van der Waals surface area contributed by atoms with Crippen LogP contribution in [-0.2, 0) is 22.6 Å². The van der Waals surface area contributed by atoms with Gasteiger partial charge in [0.25, 0.3) is 11.8 Å². The van der Waals surface area contributed by atoms with Crippen molar-refractivity contribution in [1.29, 1.82) is 0 Å². The van der Waals surface area contributed by atoms with E-state index in [0.717, 1.165) is 5.56 Å². The summed E-state index contributed by atoms with van der Waals surface area (Å²) >= 11 is 1.45. The molecule has 2 aromatic carbocycles. The van der Waals surface area contributed by atoms with Crippen LogP contribution in [0.1, 0.15) is 35.5 Å². The largest absolute Gasteiger partial charge is 0.467 e. The lowest BCUT2D eigenvalue weighted by atomic mass is 9.96. The van der Waals surface area contributed by atoms with Crippen LogP contribution >= 0.6 is 11.8 Å². The standard InChI is InChI=1S/C29H31N5O5S/c1-29(2)25(27(37)30-15-19-10-7-13-39-19)34(17-40-29)28(38)24(35)23(14-18-8-4-3-5-9-18)32-26(36)20-11-6-12-22-21(20)16-31-33-22/h3-13,16,23-25,35H,14-15,17H2,1-2H3,(H,30,37)(H,31,33)(H,32,36). The van der Waals surface area contributed by atoms with Crippen LogP contribution in [0.5, 0.6) is 0 Å². The zero-order valence-electron chi connectivity index (χ0n) is 22.2. The van der Waals surface area contributed by atoms with Crippen LogP contribution in [0.25, 0.3) is 10.9 Å². The number of aliphatic hydroxyl groups excluding tert-OH is 1. The molecule has 1 saturated heterocycles. The number of H-pyrrole nitrogens is 1. The Morgan fingerprint density at radius 1 is 1.15 bits per heavy atom. The van der Waals surface area contributed by atoms with Gasteiger partial charge in [-0.15, -0.1) is 11.8 Å². The molecule has 11 heteroatoms. The molecule has 208 valence electrons. The summed E-state index contributed by atoms with van der Waals surface area (Å²) in [5.74, 6) is -0.597. The van der Waals surface area contributed by atoms with Crippen LogP contribution in [0.4, 0.5) is 0 Å². The van der Waals surface area contributed by atoms with E-state index in [0.29, 0.717) is 22.2 Å². The van der Waals surface area contributed by atoms with E-state index in [1.54, 1.807) is 30.5 Å². The predicted molar refractivity (Wildman–Crippen MR) is 151 cm³/mol. The Kier molecular flexibility index (Phi) is 7.95. The summed E-state index contributed by atoms with van der Waals surface area (Å²) in [4.78, 5) is 41.9. The summed E-state index contributed by atoms with van der Waals surface area (Å²) in [5, 5.41) is 24.6. The number of hydrogen-bond donors (Lipinski definition) is 4. The minimum absolute atomic E-state index is 0.180. The predicted octanol–water partition coefficient (Wildman–Crippen LogP) is 2.85. The molecular weight excluding hydrogens is 530 g/mol. The molecule has 3 unspecified atom stereocenters. The lowest BCUT2D eigenvalue weighted by molar-refractivity contribution is -0.147. The minimum atomic E-state index is -1.59. The molecule has 0 bridgehead atoms. The first-order valence-electron chi connectivity index (χ1n) is 12.9. The first-order valence-corrected chi connectivity index (χ1v) is 13.9. The van der Waals surface area contributed by atoms with E-state index in [1.165, 1.54) is 22.9 Å². The van der Waals surface area contributed by atoms with Gasteiger partial charge in [0.05, 0.1) is 42.0 Å². The fraction of sp³-hybridized carbons (Fsp3) is 0.310. The first kappa shape index (κ1) is 27.5. The molecule has 0 aliphatic carbocycles. The maximum absolute atomic E-state index is 13.8. The van der Waals surface area contributed by atoms with Gasteiger partial charge in [0.15, 0.2) is 6.10 Å². The fourth-order valence-corrected chi connectivity index (χ4v) is 6.10. The molecule has 3 heterocycles. The molecule has 4 aromatic rings. The number of rotatable bonds is 9. The third kappa shape index (κ3) is 5.75. The minimum Gasteiger partial charge on any atom is -0.467 e. The molecular formula is C29H31N5O5S. The Morgan fingerprint density at radius 3 is 2.70 bits per heavy atom. The van der Waals surface area contributed by atoms with Gasteiger partial charge >= 0.3 is 0 Å². The van der Waals surface area contributed by atoms with Gasteiger partial charge in [0.2, 0.25) is 5.91 Å². The molecule has 1 aliphatic rings. The number of nitrogens with zero attached hydrogens (tertiary/aromatic N) is 2. The molecule has 1 aliphatic heterocycles. The van der Waals surface area contributed by atoms with Gasteiger partial charge < -0.3 is 25.1 Å². The highest BCUT2D eigenvalue weighted by atomic mass is 32.2. The Morgan fingerprint density at radius 2 is 1.95 bits per heavy atom.